The number of carbonyl (C=O) groups excluding carboxylic acids is 12. The molecule has 3 saturated carbocycles. The van der Waals surface area contributed by atoms with Gasteiger partial charge in [0.15, 0.2) is 0 Å². The van der Waals surface area contributed by atoms with E-state index in [2.05, 4.69) is 26.6 Å². The maximum absolute atomic E-state index is 15.6. The molecule has 0 unspecified atom stereocenters. The Bertz CT molecular complexity index is 2780. The molecular formula is C76H132N12O13. The zero-order chi connectivity index (χ0) is 75.3. The van der Waals surface area contributed by atoms with Crippen LogP contribution >= 0.6 is 0 Å². The second-order valence-electron chi connectivity index (χ2n) is 32.5. The third kappa shape index (κ3) is 24.9. The van der Waals surface area contributed by atoms with Crippen LogP contribution in [0.5, 0.6) is 0 Å². The minimum Gasteiger partial charge on any atom is -0.391 e. The number of piperidine rings is 1. The molecule has 12 amide bonds. The van der Waals surface area contributed by atoms with Crippen molar-refractivity contribution in [2.24, 2.45) is 41.4 Å². The number of amides is 12. The van der Waals surface area contributed by atoms with Gasteiger partial charge in [0.2, 0.25) is 70.9 Å². The Morgan fingerprint density at radius 2 is 0.881 bits per heavy atom. The average Bonchev–Trinajstić information content (AvgIpc) is 0.818. The SMILES string of the molecule is CC(C)C[C@@H]1NC(=O)[C@H](CC(C)C)N(C)C(=O)[C@H](C)N(C)C(=O)C[C@@H](C(=O)N(C)[C@@H](CC2CCCCC2)C(=O)N[C@@H](C)C(=O)N2CCCCC2)NC(=O)[C@H]([C@@H](C)O)NC(=O)[C@H](CC(C)C)N(C)C(=O)[C@H](CC2CCCCC2)NC(=O)[C@H](CC2CCCCC2)N(C)C(=O)[C@H](CC(C)C)N(C)C1=O. The van der Waals surface area contributed by atoms with Crippen LogP contribution in [0.2, 0.25) is 0 Å². The molecule has 5 rings (SSSR count). The van der Waals surface area contributed by atoms with Gasteiger partial charge < -0.3 is 66.0 Å². The summed E-state index contributed by atoms with van der Waals surface area (Å²) in [5.74, 6) is -8.73. The highest BCUT2D eigenvalue weighted by atomic mass is 16.3. The molecule has 0 spiro atoms. The van der Waals surface area contributed by atoms with Crippen LogP contribution in [0.1, 0.15) is 243 Å². The molecule has 2 saturated heterocycles. The second-order valence-corrected chi connectivity index (χ2v) is 32.5. The fraction of sp³-hybridized carbons (Fsp3) is 0.842. The highest BCUT2D eigenvalue weighted by molar-refractivity contribution is 6.01. The zero-order valence-corrected chi connectivity index (χ0v) is 64.7. The largest absolute Gasteiger partial charge is 0.391 e. The van der Waals surface area contributed by atoms with Crippen molar-refractivity contribution >= 4 is 70.9 Å². The summed E-state index contributed by atoms with van der Waals surface area (Å²) in [6, 6.07) is -14.2. The van der Waals surface area contributed by atoms with Gasteiger partial charge in [-0.25, -0.2) is 0 Å². The summed E-state index contributed by atoms with van der Waals surface area (Å²) in [7, 11) is 8.73. The Hall–Kier alpha value is -6.40. The van der Waals surface area contributed by atoms with E-state index in [1.54, 1.807) is 18.9 Å². The van der Waals surface area contributed by atoms with E-state index >= 15 is 43.2 Å². The number of hydrogen-bond donors (Lipinski definition) is 6. The average molecular weight is 1420 g/mol. The van der Waals surface area contributed by atoms with E-state index in [4.69, 9.17) is 0 Å². The van der Waals surface area contributed by atoms with Crippen LogP contribution in [0.3, 0.4) is 0 Å². The predicted molar refractivity (Wildman–Crippen MR) is 388 cm³/mol. The summed E-state index contributed by atoms with van der Waals surface area (Å²) >= 11 is 0. The molecule has 3 aliphatic carbocycles. The fourth-order valence-electron chi connectivity index (χ4n) is 15.8. The molecule has 25 heteroatoms. The van der Waals surface area contributed by atoms with E-state index in [1.165, 1.54) is 73.6 Å². The Morgan fingerprint density at radius 3 is 1.39 bits per heavy atom. The molecular weight excluding hydrogens is 1290 g/mol. The van der Waals surface area contributed by atoms with E-state index in [0.717, 1.165) is 120 Å². The van der Waals surface area contributed by atoms with Gasteiger partial charge in [-0.1, -0.05) is 152 Å². The summed E-state index contributed by atoms with van der Waals surface area (Å²) in [6.07, 6.45) is 14.7. The normalized spacial score (nSPS) is 27.3. The van der Waals surface area contributed by atoms with Crippen LogP contribution in [0, 0.1) is 41.4 Å². The van der Waals surface area contributed by atoms with Crippen molar-refractivity contribution in [2.75, 3.05) is 55.4 Å². The third-order valence-electron chi connectivity index (χ3n) is 22.2. The van der Waals surface area contributed by atoms with Gasteiger partial charge in [0.05, 0.1) is 12.5 Å². The molecule has 2 heterocycles. The quantitative estimate of drug-likeness (QED) is 0.0780. The lowest BCUT2D eigenvalue weighted by Crippen LogP contribution is -2.63. The number of hydrogen-bond acceptors (Lipinski definition) is 13. The topological polar surface area (TPSA) is 308 Å². The highest BCUT2D eigenvalue weighted by Gasteiger charge is 2.45. The van der Waals surface area contributed by atoms with E-state index in [9.17, 15) is 19.5 Å². The molecule has 25 nitrogen and oxygen atoms in total. The maximum atomic E-state index is 15.6. The first-order valence-corrected chi connectivity index (χ1v) is 38.6. The first-order valence-electron chi connectivity index (χ1n) is 38.6. The van der Waals surface area contributed by atoms with Crippen molar-refractivity contribution < 1.29 is 62.6 Å². The van der Waals surface area contributed by atoms with E-state index in [-0.39, 0.29) is 92.3 Å². The zero-order valence-electron chi connectivity index (χ0n) is 64.7. The van der Waals surface area contributed by atoms with Crippen LogP contribution in [0.4, 0.5) is 0 Å². The van der Waals surface area contributed by atoms with Gasteiger partial charge in [-0.05, 0) is 126 Å². The van der Waals surface area contributed by atoms with E-state index in [1.807, 2.05) is 55.4 Å². The minimum atomic E-state index is -1.82. The number of likely N-dealkylation sites (tertiary alicyclic amines) is 1. The van der Waals surface area contributed by atoms with Crippen molar-refractivity contribution in [1.29, 1.82) is 0 Å². The lowest BCUT2D eigenvalue weighted by molar-refractivity contribution is -0.151. The van der Waals surface area contributed by atoms with Crippen LogP contribution in [0.25, 0.3) is 0 Å². The molecule has 0 aromatic carbocycles. The van der Waals surface area contributed by atoms with Crippen molar-refractivity contribution in [1.82, 2.24) is 60.9 Å². The van der Waals surface area contributed by atoms with Gasteiger partial charge in [0.25, 0.3) is 0 Å². The first-order chi connectivity index (χ1) is 47.5. The maximum Gasteiger partial charge on any atom is 0.246 e. The molecule has 101 heavy (non-hydrogen) atoms. The number of rotatable bonds is 20. The van der Waals surface area contributed by atoms with Crippen molar-refractivity contribution in [2.45, 2.75) is 316 Å². The molecule has 12 atom stereocenters. The number of aliphatic hydroxyl groups is 1. The summed E-state index contributed by atoms with van der Waals surface area (Å²) in [5.41, 5.74) is 0. The van der Waals surface area contributed by atoms with Gasteiger partial charge in [-0.3, -0.25) is 57.5 Å². The molecule has 2 aliphatic heterocycles. The number of nitrogens with one attached hydrogen (secondary N) is 5. The van der Waals surface area contributed by atoms with Crippen LogP contribution < -0.4 is 26.6 Å². The molecule has 5 aliphatic rings. The number of likely N-dealkylation sites (N-methyl/N-ethyl adjacent to an activating group) is 6. The molecule has 0 bridgehead atoms. The molecule has 6 N–H and O–H groups in total. The molecule has 5 fully saturated rings. The monoisotopic (exact) mass is 1420 g/mol. The summed E-state index contributed by atoms with van der Waals surface area (Å²) in [4.78, 5) is 191. The standard InChI is InChI=1S/C76H132N12O13/c1-46(2)38-56-73(98)87(17)63(41-49(7)8)76(101)86(16)62(44-55-34-26-20-27-35-55)68(93)79-57(42-53-30-22-18-23-31-53)74(99)84(14)60(40-48(5)6)69(94)81-65(52(11)89)70(95)80-58(45-64(90)82(12)51(10)72(97)83(13)59(39-47(3)4)67(92)78-56)75(100)85(15)61(43-54-32-24-19-25-33-54)66(91)77-50(9)71(96)88-36-28-21-29-37-88/h46-63,65,89H,18-45H2,1-17H3,(H,77,91)(H,78,92)(H,79,93)(H,80,95)(H,81,94)/t50-,51-,52+,56-,57-,58-,59-,60-,61-,62-,63-,65-/m0/s1. The van der Waals surface area contributed by atoms with Crippen LogP contribution in [-0.2, 0) is 57.5 Å². The van der Waals surface area contributed by atoms with Gasteiger partial charge in [-0.15, -0.1) is 0 Å². The van der Waals surface area contributed by atoms with Gasteiger partial charge in [0, 0.05) is 55.4 Å². The molecule has 574 valence electrons. The van der Waals surface area contributed by atoms with Crippen molar-refractivity contribution in [3.8, 4) is 0 Å². The lowest BCUT2D eigenvalue weighted by atomic mass is 9.83. The lowest BCUT2D eigenvalue weighted by Gasteiger charge is -2.39. The summed E-state index contributed by atoms with van der Waals surface area (Å²) in [6.45, 7) is 20.5. The third-order valence-corrected chi connectivity index (χ3v) is 22.2. The molecule has 0 radical (unpaired) electrons. The summed E-state index contributed by atoms with van der Waals surface area (Å²) in [5, 5.41) is 26.0. The number of aliphatic hydroxyl groups excluding tert-OH is 1. The number of nitrogens with zero attached hydrogens (tertiary/aromatic N) is 7. The van der Waals surface area contributed by atoms with E-state index in [0.29, 0.717) is 13.1 Å². The van der Waals surface area contributed by atoms with Crippen molar-refractivity contribution in [3.63, 3.8) is 0 Å². The molecule has 0 aromatic heterocycles. The second kappa shape index (κ2) is 40.6. The minimum absolute atomic E-state index is 0.00194. The van der Waals surface area contributed by atoms with Crippen LogP contribution in [-0.4, -0.2) is 238 Å². The van der Waals surface area contributed by atoms with Gasteiger partial charge in [0.1, 0.15) is 66.5 Å². The Balaban J connectivity index is 1.69. The Morgan fingerprint density at radius 1 is 0.465 bits per heavy atom. The predicted octanol–water partition coefficient (Wildman–Crippen LogP) is 6.30. The first kappa shape index (κ1) is 85.2. The Kier molecular flexibility index (Phi) is 34.3. The number of carbonyl (C=O) groups is 12. The summed E-state index contributed by atoms with van der Waals surface area (Å²) < 4.78 is 0. The van der Waals surface area contributed by atoms with E-state index < -0.39 is 144 Å². The van der Waals surface area contributed by atoms with Gasteiger partial charge in [-0.2, -0.15) is 0 Å². The fourth-order valence-corrected chi connectivity index (χ4v) is 15.8. The molecule has 0 aromatic rings. The smallest absolute Gasteiger partial charge is 0.246 e. The van der Waals surface area contributed by atoms with Crippen LogP contribution in [0.15, 0.2) is 0 Å². The highest BCUT2D eigenvalue weighted by Crippen LogP contribution is 2.33. The Labute approximate surface area is 604 Å². The van der Waals surface area contributed by atoms with Gasteiger partial charge >= 0.3 is 0 Å². The van der Waals surface area contributed by atoms with Crippen molar-refractivity contribution in [3.05, 3.63) is 0 Å².